The summed E-state index contributed by atoms with van der Waals surface area (Å²) >= 11 is 0. The number of nitrogens with one attached hydrogen (secondary N) is 1. The van der Waals surface area contributed by atoms with Gasteiger partial charge in [0.2, 0.25) is 11.7 Å². The molecule has 0 aliphatic heterocycles. The first-order valence-corrected chi connectivity index (χ1v) is 9.33. The van der Waals surface area contributed by atoms with Gasteiger partial charge >= 0.3 is 0 Å². The number of methoxy groups -OCH3 is 3. The maximum Gasteiger partial charge on any atom is 0.220 e. The lowest BCUT2D eigenvalue weighted by molar-refractivity contribution is -0.121. The Balaban J connectivity index is 1.94. The fourth-order valence-electron chi connectivity index (χ4n) is 2.90. The molecule has 2 aromatic carbocycles. The first-order valence-electron chi connectivity index (χ1n) is 9.33. The molecule has 6 nitrogen and oxygen atoms in total. The molecule has 152 valence electrons. The van der Waals surface area contributed by atoms with E-state index in [4.69, 9.17) is 18.9 Å². The molecule has 2 rings (SSSR count). The van der Waals surface area contributed by atoms with Crippen LogP contribution in [0.2, 0.25) is 0 Å². The standard InChI is InChI=1S/C22H29NO5/c1-5-28-15-18-9-7-6-8-17(18)14-23-21(24)11-10-16-12-19(25-2)22(27-4)20(13-16)26-3/h6-9,12-13H,5,10-11,14-15H2,1-4H3,(H,23,24). The molecule has 2 aromatic rings. The lowest BCUT2D eigenvalue weighted by Gasteiger charge is -2.14. The van der Waals surface area contributed by atoms with Gasteiger partial charge in [-0.1, -0.05) is 24.3 Å². The summed E-state index contributed by atoms with van der Waals surface area (Å²) in [5.41, 5.74) is 3.10. The predicted octanol–water partition coefficient (Wildman–Crippen LogP) is 3.50. The maximum atomic E-state index is 12.3. The van der Waals surface area contributed by atoms with Gasteiger partial charge < -0.3 is 24.3 Å². The topological polar surface area (TPSA) is 66.0 Å². The van der Waals surface area contributed by atoms with Gasteiger partial charge in [0.05, 0.1) is 27.9 Å². The van der Waals surface area contributed by atoms with E-state index in [1.807, 2.05) is 43.3 Å². The first-order chi connectivity index (χ1) is 13.6. The third kappa shape index (κ3) is 5.89. The maximum absolute atomic E-state index is 12.3. The Morgan fingerprint density at radius 1 is 0.964 bits per heavy atom. The lowest BCUT2D eigenvalue weighted by Crippen LogP contribution is -2.23. The summed E-state index contributed by atoms with van der Waals surface area (Å²) in [6, 6.07) is 11.7. The molecule has 0 saturated carbocycles. The summed E-state index contributed by atoms with van der Waals surface area (Å²) in [5.74, 6) is 1.70. The highest BCUT2D eigenvalue weighted by molar-refractivity contribution is 5.76. The highest BCUT2D eigenvalue weighted by Gasteiger charge is 2.14. The van der Waals surface area contributed by atoms with Crippen molar-refractivity contribution in [3.05, 3.63) is 53.1 Å². The van der Waals surface area contributed by atoms with E-state index < -0.39 is 0 Å². The Morgan fingerprint density at radius 2 is 1.61 bits per heavy atom. The Bertz CT molecular complexity index is 750. The molecule has 1 amide bonds. The molecule has 1 N–H and O–H groups in total. The molecule has 0 unspecified atom stereocenters. The summed E-state index contributed by atoms with van der Waals surface area (Å²) in [5, 5.41) is 2.98. The minimum Gasteiger partial charge on any atom is -0.493 e. The van der Waals surface area contributed by atoms with Gasteiger partial charge in [0, 0.05) is 19.6 Å². The summed E-state index contributed by atoms with van der Waals surface area (Å²) < 4.78 is 21.5. The average Bonchev–Trinajstić information content (AvgIpc) is 2.74. The second kappa shape index (κ2) is 11.2. The van der Waals surface area contributed by atoms with Crippen LogP contribution in [0, 0.1) is 0 Å². The van der Waals surface area contributed by atoms with E-state index in [0.717, 1.165) is 16.7 Å². The third-order valence-corrected chi connectivity index (χ3v) is 4.42. The fourth-order valence-corrected chi connectivity index (χ4v) is 2.90. The van der Waals surface area contributed by atoms with E-state index in [-0.39, 0.29) is 5.91 Å². The number of rotatable bonds is 11. The number of carbonyl (C=O) groups is 1. The smallest absolute Gasteiger partial charge is 0.220 e. The lowest BCUT2D eigenvalue weighted by atomic mass is 10.1. The van der Waals surface area contributed by atoms with E-state index >= 15 is 0 Å². The molecule has 0 bridgehead atoms. The van der Waals surface area contributed by atoms with Crippen molar-refractivity contribution in [3.8, 4) is 17.2 Å². The molecule has 0 heterocycles. The molecule has 6 heteroatoms. The van der Waals surface area contributed by atoms with Crippen molar-refractivity contribution in [2.75, 3.05) is 27.9 Å². The van der Waals surface area contributed by atoms with E-state index in [0.29, 0.717) is 49.8 Å². The van der Waals surface area contributed by atoms with Crippen molar-refractivity contribution in [1.29, 1.82) is 0 Å². The van der Waals surface area contributed by atoms with Crippen LogP contribution < -0.4 is 19.5 Å². The number of hydrogen-bond donors (Lipinski definition) is 1. The molecular formula is C22H29NO5. The SMILES string of the molecule is CCOCc1ccccc1CNC(=O)CCc1cc(OC)c(OC)c(OC)c1. The molecule has 0 spiro atoms. The summed E-state index contributed by atoms with van der Waals surface area (Å²) in [4.78, 5) is 12.3. The van der Waals surface area contributed by atoms with Crippen LogP contribution in [0.4, 0.5) is 0 Å². The molecule has 0 aliphatic carbocycles. The van der Waals surface area contributed by atoms with E-state index in [9.17, 15) is 4.79 Å². The Hall–Kier alpha value is -2.73. The third-order valence-electron chi connectivity index (χ3n) is 4.42. The van der Waals surface area contributed by atoms with Crippen LogP contribution in [0.15, 0.2) is 36.4 Å². The van der Waals surface area contributed by atoms with Gasteiger partial charge in [0.25, 0.3) is 0 Å². The summed E-state index contributed by atoms with van der Waals surface area (Å²) in [6.07, 6.45) is 0.940. The van der Waals surface area contributed by atoms with E-state index in [1.165, 1.54) is 0 Å². The number of benzene rings is 2. The van der Waals surface area contributed by atoms with Gasteiger partial charge in [0.1, 0.15) is 0 Å². The zero-order valence-electron chi connectivity index (χ0n) is 17.0. The van der Waals surface area contributed by atoms with Crippen LogP contribution in [-0.4, -0.2) is 33.8 Å². The monoisotopic (exact) mass is 387 g/mol. The largest absolute Gasteiger partial charge is 0.493 e. The molecule has 0 atom stereocenters. The second-order valence-corrected chi connectivity index (χ2v) is 6.22. The zero-order valence-corrected chi connectivity index (χ0v) is 17.0. The van der Waals surface area contributed by atoms with Crippen molar-refractivity contribution in [1.82, 2.24) is 5.32 Å². The van der Waals surface area contributed by atoms with Gasteiger partial charge in [0.15, 0.2) is 11.5 Å². The zero-order chi connectivity index (χ0) is 20.4. The highest BCUT2D eigenvalue weighted by Crippen LogP contribution is 2.38. The van der Waals surface area contributed by atoms with Crippen LogP contribution in [0.1, 0.15) is 30.0 Å². The average molecular weight is 387 g/mol. The quantitative estimate of drug-likeness (QED) is 0.639. The van der Waals surface area contributed by atoms with Crippen molar-refractivity contribution in [2.24, 2.45) is 0 Å². The molecule has 0 aliphatic rings. The highest BCUT2D eigenvalue weighted by atomic mass is 16.5. The molecular weight excluding hydrogens is 358 g/mol. The van der Waals surface area contributed by atoms with Gasteiger partial charge in [-0.3, -0.25) is 4.79 Å². The molecule has 0 aromatic heterocycles. The molecule has 0 saturated heterocycles. The van der Waals surface area contributed by atoms with Crippen LogP contribution in [0.3, 0.4) is 0 Å². The van der Waals surface area contributed by atoms with Gasteiger partial charge in [-0.25, -0.2) is 0 Å². The number of amides is 1. The van der Waals surface area contributed by atoms with Crippen molar-refractivity contribution in [2.45, 2.75) is 32.9 Å². The number of aryl methyl sites for hydroxylation is 1. The second-order valence-electron chi connectivity index (χ2n) is 6.22. The molecule has 0 radical (unpaired) electrons. The molecule has 0 fully saturated rings. The van der Waals surface area contributed by atoms with Gasteiger partial charge in [-0.05, 0) is 42.2 Å². The minimum atomic E-state index is -0.0139. The van der Waals surface area contributed by atoms with Crippen LogP contribution >= 0.6 is 0 Å². The minimum absolute atomic E-state index is 0.0139. The van der Waals surface area contributed by atoms with Crippen molar-refractivity contribution >= 4 is 5.91 Å². The Labute approximate surface area is 166 Å². The number of hydrogen-bond acceptors (Lipinski definition) is 5. The summed E-state index contributed by atoms with van der Waals surface area (Å²) in [7, 11) is 4.72. The van der Waals surface area contributed by atoms with Crippen LogP contribution in [0.25, 0.3) is 0 Å². The van der Waals surface area contributed by atoms with E-state index in [1.54, 1.807) is 21.3 Å². The van der Waals surface area contributed by atoms with Crippen LogP contribution in [0.5, 0.6) is 17.2 Å². The van der Waals surface area contributed by atoms with E-state index in [2.05, 4.69) is 5.32 Å². The Morgan fingerprint density at radius 3 is 2.18 bits per heavy atom. The predicted molar refractivity (Wildman–Crippen MR) is 108 cm³/mol. The van der Waals surface area contributed by atoms with Crippen molar-refractivity contribution < 1.29 is 23.7 Å². The fraction of sp³-hybridized carbons (Fsp3) is 0.409. The normalized spacial score (nSPS) is 10.4. The van der Waals surface area contributed by atoms with Crippen LogP contribution in [-0.2, 0) is 29.1 Å². The van der Waals surface area contributed by atoms with Crippen molar-refractivity contribution in [3.63, 3.8) is 0 Å². The van der Waals surface area contributed by atoms with Gasteiger partial charge in [-0.15, -0.1) is 0 Å². The first kappa shape index (κ1) is 21.6. The number of ether oxygens (including phenoxy) is 4. The molecule has 28 heavy (non-hydrogen) atoms. The van der Waals surface area contributed by atoms with Gasteiger partial charge in [-0.2, -0.15) is 0 Å². The summed E-state index contributed by atoms with van der Waals surface area (Å²) in [6.45, 7) is 3.66. The Kier molecular flexibility index (Phi) is 8.62. The number of carbonyl (C=O) groups excluding carboxylic acids is 1.